The topological polar surface area (TPSA) is 160 Å². The van der Waals surface area contributed by atoms with Crippen LogP contribution < -0.4 is 15.3 Å². The third kappa shape index (κ3) is 7.91. The molecule has 5 rings (SSSR count). The smallest absolute Gasteiger partial charge is 0.257 e. The second-order valence-electron chi connectivity index (χ2n) is 11.9. The highest BCUT2D eigenvalue weighted by Crippen LogP contribution is 2.33. The average Bonchev–Trinajstić information content (AvgIpc) is 3.08. The molecule has 260 valence electrons. The highest BCUT2D eigenvalue weighted by molar-refractivity contribution is 7.89. The summed E-state index contributed by atoms with van der Waals surface area (Å²) >= 11 is 0. The fraction of sp³-hybridized carbons (Fsp3) is 0.257. The molecule has 1 aliphatic rings. The van der Waals surface area contributed by atoms with Gasteiger partial charge < -0.3 is 20.1 Å². The Labute approximate surface area is 286 Å². The van der Waals surface area contributed by atoms with E-state index >= 15 is 4.39 Å². The van der Waals surface area contributed by atoms with Gasteiger partial charge in [0.2, 0.25) is 21.0 Å². The largest absolute Gasteiger partial charge is 0.530 e. The lowest BCUT2D eigenvalue weighted by molar-refractivity contribution is -0.268. The first kappa shape index (κ1) is 35.9. The number of rotatable bonds is 11. The monoisotopic (exact) mass is 706 g/mol. The molecule has 4 aromatic carbocycles. The lowest BCUT2D eigenvalue weighted by Crippen LogP contribution is -2.62. The van der Waals surface area contributed by atoms with E-state index in [-0.39, 0.29) is 53.2 Å². The van der Waals surface area contributed by atoms with Gasteiger partial charge >= 0.3 is 0 Å². The van der Waals surface area contributed by atoms with Crippen LogP contribution >= 0.6 is 0 Å². The van der Waals surface area contributed by atoms with Gasteiger partial charge in [-0.3, -0.25) is 4.79 Å². The maximum Gasteiger partial charge on any atom is 0.257 e. The number of sulfonamides is 1. The minimum atomic E-state index is -4.10. The quantitative estimate of drug-likeness (QED) is 0.169. The van der Waals surface area contributed by atoms with Gasteiger partial charge in [0.25, 0.3) is 5.91 Å². The summed E-state index contributed by atoms with van der Waals surface area (Å²) < 4.78 is 73.0. The average molecular weight is 707 g/mol. The van der Waals surface area contributed by atoms with Gasteiger partial charge in [-0.1, -0.05) is 48.5 Å². The van der Waals surface area contributed by atoms with Gasteiger partial charge in [-0.05, 0) is 79.4 Å². The van der Waals surface area contributed by atoms with E-state index in [0.717, 1.165) is 23.1 Å². The van der Waals surface area contributed by atoms with Crippen LogP contribution in [0.15, 0.2) is 107 Å². The first-order valence-corrected chi connectivity index (χ1v) is 17.0. The van der Waals surface area contributed by atoms with Gasteiger partial charge in [0.05, 0.1) is 4.90 Å². The number of anilines is 1. The zero-order valence-corrected chi connectivity index (χ0v) is 27.6. The molecule has 0 saturated carbocycles. The summed E-state index contributed by atoms with van der Waals surface area (Å²) in [6, 6.07) is 18.9. The van der Waals surface area contributed by atoms with Crippen molar-refractivity contribution < 1.29 is 36.3 Å². The number of hydrogen-bond donors (Lipinski definition) is 2. The van der Waals surface area contributed by atoms with E-state index in [1.165, 1.54) is 65.0 Å². The van der Waals surface area contributed by atoms with Crippen LogP contribution in [0.5, 0.6) is 0 Å². The van der Waals surface area contributed by atoms with Crippen molar-refractivity contribution in [3.8, 4) is 0 Å². The molecule has 1 aliphatic heterocycles. The van der Waals surface area contributed by atoms with Crippen LogP contribution in [0.4, 0.5) is 23.7 Å². The summed E-state index contributed by atoms with van der Waals surface area (Å²) in [5, 5.41) is 18.3. The minimum absolute atomic E-state index is 0.00417. The molecule has 2 amide bonds. The Morgan fingerprint density at radius 2 is 1.56 bits per heavy atom. The molecule has 50 heavy (non-hydrogen) atoms. The summed E-state index contributed by atoms with van der Waals surface area (Å²) in [5.74, 6) is -3.96. The molecule has 3 unspecified atom stereocenters. The molecular formula is C35H33F3N6O5S. The normalized spacial score (nSPS) is 17.2. The van der Waals surface area contributed by atoms with Gasteiger partial charge in [-0.25, -0.2) is 21.6 Å². The molecule has 2 N–H and O–H groups in total. The van der Waals surface area contributed by atoms with Crippen molar-refractivity contribution in [1.29, 1.82) is 5.53 Å². The first-order valence-electron chi connectivity index (χ1n) is 15.6. The molecule has 3 atom stereocenters. The second kappa shape index (κ2) is 15.5. The second-order valence-corrected chi connectivity index (χ2v) is 13.7. The van der Waals surface area contributed by atoms with E-state index in [2.05, 4.69) is 15.3 Å². The Balaban J connectivity index is 1.47. The molecular weight excluding hydrogens is 673 g/mol. The zero-order chi connectivity index (χ0) is 36.0. The van der Waals surface area contributed by atoms with E-state index < -0.39 is 63.5 Å². The van der Waals surface area contributed by atoms with E-state index in [0.29, 0.717) is 0 Å². The predicted octanol–water partition coefficient (Wildman–Crippen LogP) is 4.83. The number of carbonyl (C=O) groups excluding carboxylic acids is 2. The third-order valence-corrected chi connectivity index (χ3v) is 10.7. The highest BCUT2D eigenvalue weighted by Gasteiger charge is 2.41. The lowest BCUT2D eigenvalue weighted by Gasteiger charge is -2.45. The van der Waals surface area contributed by atoms with Gasteiger partial charge in [-0.15, -0.1) is 0 Å². The fourth-order valence-corrected chi connectivity index (χ4v) is 8.27. The number of hydrogen-bond acceptors (Lipinski definition) is 7. The van der Waals surface area contributed by atoms with Gasteiger partial charge in [0, 0.05) is 42.3 Å². The Kier molecular flexibility index (Phi) is 11.1. The van der Waals surface area contributed by atoms with Crippen LogP contribution in [0.3, 0.4) is 0 Å². The van der Waals surface area contributed by atoms with Crippen molar-refractivity contribution in [3.63, 3.8) is 0 Å². The molecule has 0 aliphatic carbocycles. The number of nitrogens with zero attached hydrogens (tertiary/aromatic N) is 4. The van der Waals surface area contributed by atoms with Crippen LogP contribution in [0.2, 0.25) is 0 Å². The summed E-state index contributed by atoms with van der Waals surface area (Å²) in [5.41, 5.74) is 7.90. The molecule has 15 heteroatoms. The summed E-state index contributed by atoms with van der Waals surface area (Å²) in [7, 11) is -4.10. The van der Waals surface area contributed by atoms with Gasteiger partial charge in [0.1, 0.15) is 34.2 Å². The van der Waals surface area contributed by atoms with Gasteiger partial charge in [-0.2, -0.15) is 4.31 Å². The van der Waals surface area contributed by atoms with E-state index in [9.17, 15) is 31.9 Å². The highest BCUT2D eigenvalue weighted by atomic mass is 32.2. The molecule has 1 heterocycles. The van der Waals surface area contributed by atoms with E-state index in [1.54, 1.807) is 25.1 Å². The number of piperazine rings is 1. The number of benzene rings is 4. The molecule has 0 bridgehead atoms. The van der Waals surface area contributed by atoms with Crippen molar-refractivity contribution in [3.05, 3.63) is 131 Å². The van der Waals surface area contributed by atoms with Crippen LogP contribution in [-0.4, -0.2) is 60.8 Å². The molecule has 1 saturated heterocycles. The summed E-state index contributed by atoms with van der Waals surface area (Å²) in [6.07, 6.45) is -1.66. The number of carboxylic acid groups (broad SMARTS) is 1. The molecule has 0 radical (unpaired) electrons. The Hall–Kier alpha value is -5.37. The molecule has 0 spiro atoms. The maximum atomic E-state index is 15.5. The maximum absolute atomic E-state index is 15.5. The fourth-order valence-electron chi connectivity index (χ4n) is 6.42. The molecule has 4 aromatic rings. The van der Waals surface area contributed by atoms with Crippen LogP contribution in [0.25, 0.3) is 0 Å². The Morgan fingerprint density at radius 3 is 2.14 bits per heavy atom. The number of nitrogens with one attached hydrogen (secondary N) is 2. The van der Waals surface area contributed by atoms with Crippen molar-refractivity contribution in [2.24, 2.45) is 5.11 Å². The first-order chi connectivity index (χ1) is 23.9. The number of carbonyl (C=O) groups is 2. The van der Waals surface area contributed by atoms with Crippen molar-refractivity contribution >= 4 is 27.7 Å². The standard InChI is InChI=1S/C35H33F3N6O5S/c1-22-20-43(35(46)47)21-27(44(22)50(48,49)28-12-3-2-4-13-28)16-17-29-30(38)14-7-15-31(29)40-34(45)33(41-42-39)32(23-8-5-10-25(36)18-23)24-9-6-11-26(37)19-24/h2-15,18-19,22,27,32-33,39H,16-17,20-21H2,1H3,(H-,40,45,46,47). The zero-order valence-electron chi connectivity index (χ0n) is 26.7. The SMILES string of the molecule is CC1CN(C(=O)[O-])CC(CCc2c(F)cccc2NC(=O)C(N=[N+]=N)C(c2cccc(F)c2)c2cccc(F)c2)N1S(=O)(=O)c1ccccc1. The van der Waals surface area contributed by atoms with E-state index in [4.69, 9.17) is 5.53 Å². The van der Waals surface area contributed by atoms with Crippen molar-refractivity contribution in [2.45, 2.75) is 48.7 Å². The number of amides is 2. The van der Waals surface area contributed by atoms with E-state index in [1.807, 2.05) is 0 Å². The Morgan fingerprint density at radius 1 is 0.940 bits per heavy atom. The van der Waals surface area contributed by atoms with Crippen LogP contribution in [-0.2, 0) is 21.2 Å². The van der Waals surface area contributed by atoms with Gasteiger partial charge in [0.15, 0.2) is 0 Å². The van der Waals surface area contributed by atoms with Crippen LogP contribution in [0.1, 0.15) is 36.0 Å². The minimum Gasteiger partial charge on any atom is -0.530 e. The van der Waals surface area contributed by atoms with Crippen molar-refractivity contribution in [2.75, 3.05) is 18.4 Å². The van der Waals surface area contributed by atoms with Crippen LogP contribution in [0, 0.1) is 23.0 Å². The third-order valence-electron chi connectivity index (χ3n) is 8.57. The molecule has 0 aromatic heterocycles. The summed E-state index contributed by atoms with van der Waals surface area (Å²) in [4.78, 5) is 29.9. The Bertz CT molecular complexity index is 1980. The predicted molar refractivity (Wildman–Crippen MR) is 175 cm³/mol. The molecule has 1 fully saturated rings. The summed E-state index contributed by atoms with van der Waals surface area (Å²) in [6.45, 7) is 1.21. The lowest BCUT2D eigenvalue weighted by atomic mass is 9.84. The number of halogens is 3. The molecule has 11 nitrogen and oxygen atoms in total. The van der Waals surface area contributed by atoms with Crippen molar-refractivity contribution in [1.82, 2.24) is 14.1 Å².